The number of rotatable bonds is 4. The van der Waals surface area contributed by atoms with Crippen LogP contribution in [0.4, 0.5) is 10.5 Å². The first-order valence-corrected chi connectivity index (χ1v) is 8.04. The van der Waals surface area contributed by atoms with Crippen LogP contribution in [0.25, 0.3) is 0 Å². The number of amides is 2. The first-order valence-electron chi connectivity index (χ1n) is 8.04. The van der Waals surface area contributed by atoms with Gasteiger partial charge < -0.3 is 26.6 Å². The molecule has 2 amide bonds. The molecule has 1 aromatic rings. The highest BCUT2D eigenvalue weighted by atomic mass is 16.2. The molecular weight excluding hydrogens is 304 g/mol. The molecule has 2 heterocycles. The van der Waals surface area contributed by atoms with Crippen molar-refractivity contribution in [3.8, 4) is 0 Å². The fourth-order valence-electron chi connectivity index (χ4n) is 2.46. The van der Waals surface area contributed by atoms with E-state index >= 15 is 0 Å². The zero-order chi connectivity index (χ0) is 16.9. The molecule has 2 aliphatic heterocycles. The van der Waals surface area contributed by atoms with Crippen molar-refractivity contribution in [2.45, 2.75) is 26.4 Å². The minimum atomic E-state index is -0.275. The largest absolute Gasteiger partial charge is 0.356 e. The maximum Gasteiger partial charge on any atom is 0.316 e. The van der Waals surface area contributed by atoms with Crippen LogP contribution >= 0.6 is 0 Å². The summed E-state index contributed by atoms with van der Waals surface area (Å²) < 4.78 is 0. The highest BCUT2D eigenvalue weighted by Gasteiger charge is 2.21. The van der Waals surface area contributed by atoms with Gasteiger partial charge in [0, 0.05) is 24.9 Å². The van der Waals surface area contributed by atoms with E-state index in [2.05, 4.69) is 50.6 Å². The molecule has 0 spiro atoms. The van der Waals surface area contributed by atoms with Gasteiger partial charge in [-0.15, -0.1) is 0 Å². The fraction of sp³-hybridized carbons (Fsp3) is 0.294. The Hall–Kier alpha value is -2.96. The molecule has 0 bridgehead atoms. The van der Waals surface area contributed by atoms with E-state index in [9.17, 15) is 4.79 Å². The van der Waals surface area contributed by atoms with Crippen LogP contribution < -0.4 is 26.6 Å². The third kappa shape index (κ3) is 3.87. The van der Waals surface area contributed by atoms with E-state index in [4.69, 9.17) is 0 Å². The van der Waals surface area contributed by atoms with Crippen molar-refractivity contribution in [3.63, 3.8) is 0 Å². The lowest BCUT2D eigenvalue weighted by atomic mass is 10.2. The number of nitrogens with one attached hydrogen (secondary N) is 5. The number of urea groups is 1. The molecule has 0 aromatic heterocycles. The Bertz CT molecular complexity index is 704. The number of amidine groups is 1. The van der Waals surface area contributed by atoms with E-state index in [-0.39, 0.29) is 12.2 Å². The van der Waals surface area contributed by atoms with Gasteiger partial charge in [0.1, 0.15) is 12.0 Å². The van der Waals surface area contributed by atoms with E-state index < -0.39 is 0 Å². The number of carbonyl (C=O) groups excluding carboxylic acids is 1. The Morgan fingerprint density at radius 2 is 2.12 bits per heavy atom. The second-order valence-corrected chi connectivity index (χ2v) is 5.67. The van der Waals surface area contributed by atoms with E-state index in [0.717, 1.165) is 17.2 Å². The van der Waals surface area contributed by atoms with Gasteiger partial charge in [0.05, 0.1) is 5.70 Å². The summed E-state index contributed by atoms with van der Waals surface area (Å²) >= 11 is 0. The smallest absolute Gasteiger partial charge is 0.316 e. The number of fused-ring (bicyclic) bond motifs is 1. The van der Waals surface area contributed by atoms with Crippen LogP contribution in [-0.4, -0.2) is 24.6 Å². The molecular formula is C17H22N6O. The second-order valence-electron chi connectivity index (χ2n) is 5.67. The van der Waals surface area contributed by atoms with Crippen molar-refractivity contribution in [1.82, 2.24) is 21.3 Å². The lowest BCUT2D eigenvalue weighted by Gasteiger charge is -2.27. The van der Waals surface area contributed by atoms with Crippen LogP contribution in [0, 0.1) is 6.92 Å². The second kappa shape index (κ2) is 7.08. The molecule has 0 radical (unpaired) electrons. The predicted octanol–water partition coefficient (Wildman–Crippen LogP) is 1.73. The zero-order valence-electron chi connectivity index (χ0n) is 13.8. The molecule has 0 saturated carbocycles. The van der Waals surface area contributed by atoms with Gasteiger partial charge in [-0.2, -0.15) is 0 Å². The molecule has 7 heteroatoms. The zero-order valence-corrected chi connectivity index (χ0v) is 13.8. The number of nitrogens with zero attached hydrogens (tertiary/aromatic N) is 1. The van der Waals surface area contributed by atoms with Crippen LogP contribution in [0.2, 0.25) is 0 Å². The molecule has 1 atom stereocenters. The first-order chi connectivity index (χ1) is 11.6. The van der Waals surface area contributed by atoms with E-state index in [1.165, 1.54) is 5.56 Å². The molecule has 24 heavy (non-hydrogen) atoms. The van der Waals surface area contributed by atoms with Crippen LogP contribution in [0.15, 0.2) is 53.1 Å². The van der Waals surface area contributed by atoms with Crippen LogP contribution in [0.1, 0.15) is 18.9 Å². The van der Waals surface area contributed by atoms with Gasteiger partial charge in [-0.3, -0.25) is 0 Å². The predicted molar refractivity (Wildman–Crippen MR) is 95.3 cm³/mol. The standard InChI is InChI=1S/C17H22N6O/c1-3-18-17(24)23-14-9-8-13-16(21-14)22-15(10-19-13)20-12-6-4-11(2)5-7-12/h4-8,10,14,19-20H,3,9H2,1-2H3,(H,21,22)(H2,18,23,24). The lowest BCUT2D eigenvalue weighted by molar-refractivity contribution is 0.238. The number of hydrogen-bond acceptors (Lipinski definition) is 5. The summed E-state index contributed by atoms with van der Waals surface area (Å²) in [5.74, 6) is 1.51. The summed E-state index contributed by atoms with van der Waals surface area (Å²) in [5.41, 5.74) is 3.12. The van der Waals surface area contributed by atoms with Crippen LogP contribution in [0.3, 0.4) is 0 Å². The highest BCUT2D eigenvalue weighted by molar-refractivity contribution is 6.01. The van der Waals surface area contributed by atoms with Gasteiger partial charge in [0.2, 0.25) is 0 Å². The summed E-state index contributed by atoms with van der Waals surface area (Å²) in [6, 6.07) is 7.93. The molecule has 0 saturated heterocycles. The third-order valence-electron chi connectivity index (χ3n) is 3.68. The first kappa shape index (κ1) is 15.9. The van der Waals surface area contributed by atoms with E-state index in [1.807, 2.05) is 31.3 Å². The van der Waals surface area contributed by atoms with Crippen molar-refractivity contribution >= 4 is 17.6 Å². The van der Waals surface area contributed by atoms with Crippen molar-refractivity contribution in [3.05, 3.63) is 53.6 Å². The van der Waals surface area contributed by atoms with E-state index in [0.29, 0.717) is 18.8 Å². The Kier molecular flexibility index (Phi) is 4.69. The fourth-order valence-corrected chi connectivity index (χ4v) is 2.46. The van der Waals surface area contributed by atoms with Crippen molar-refractivity contribution < 1.29 is 4.79 Å². The van der Waals surface area contributed by atoms with Crippen LogP contribution in [0.5, 0.6) is 0 Å². The third-order valence-corrected chi connectivity index (χ3v) is 3.68. The Morgan fingerprint density at radius 1 is 1.33 bits per heavy atom. The summed E-state index contributed by atoms with van der Waals surface area (Å²) in [6.07, 6.45) is 4.26. The van der Waals surface area contributed by atoms with Gasteiger partial charge in [0.15, 0.2) is 5.84 Å². The summed E-state index contributed by atoms with van der Waals surface area (Å²) in [4.78, 5) is 16.2. The number of hydrogen-bond donors (Lipinski definition) is 5. The maximum absolute atomic E-state index is 11.6. The van der Waals surface area contributed by atoms with E-state index in [1.54, 1.807) is 0 Å². The molecule has 3 rings (SSSR count). The van der Waals surface area contributed by atoms with Gasteiger partial charge in [-0.05, 0) is 26.0 Å². The van der Waals surface area contributed by atoms with Gasteiger partial charge in [-0.25, -0.2) is 9.79 Å². The van der Waals surface area contributed by atoms with Crippen molar-refractivity contribution in [2.75, 3.05) is 11.9 Å². The number of anilines is 1. The summed E-state index contributed by atoms with van der Waals surface area (Å²) in [6.45, 7) is 4.52. The topological polar surface area (TPSA) is 89.6 Å². The minimum absolute atomic E-state index is 0.207. The van der Waals surface area contributed by atoms with Gasteiger partial charge in [0.25, 0.3) is 0 Å². The molecule has 1 unspecified atom stereocenters. The Morgan fingerprint density at radius 3 is 2.88 bits per heavy atom. The highest BCUT2D eigenvalue weighted by Crippen LogP contribution is 2.15. The molecule has 0 aliphatic carbocycles. The average molecular weight is 326 g/mol. The van der Waals surface area contributed by atoms with Crippen molar-refractivity contribution in [1.29, 1.82) is 0 Å². The lowest BCUT2D eigenvalue weighted by Crippen LogP contribution is -2.46. The normalized spacial score (nSPS) is 18.8. The SMILES string of the molecule is CCNC(=O)NC1CC=C2NC=C(Nc3ccc(C)cc3)NC2=N1. The number of dihydropyridines is 1. The molecule has 1 aromatic carbocycles. The average Bonchev–Trinajstić information content (AvgIpc) is 2.57. The van der Waals surface area contributed by atoms with Crippen molar-refractivity contribution in [2.24, 2.45) is 4.99 Å². The van der Waals surface area contributed by atoms with Crippen LogP contribution in [-0.2, 0) is 0 Å². The maximum atomic E-state index is 11.6. The Labute approximate surface area is 141 Å². The molecule has 0 fully saturated rings. The molecule has 7 nitrogen and oxygen atoms in total. The number of aliphatic imine (C=N–C) groups is 1. The minimum Gasteiger partial charge on any atom is -0.356 e. The summed E-state index contributed by atoms with van der Waals surface area (Å²) in [5, 5.41) is 15.3. The van der Waals surface area contributed by atoms with Gasteiger partial charge in [-0.1, -0.05) is 23.8 Å². The quantitative estimate of drug-likeness (QED) is 0.583. The molecule has 5 N–H and O–H groups in total. The Balaban J connectivity index is 1.65. The van der Waals surface area contributed by atoms with Gasteiger partial charge >= 0.3 is 6.03 Å². The molecule has 126 valence electrons. The molecule has 2 aliphatic rings. The number of benzene rings is 1. The monoisotopic (exact) mass is 326 g/mol. The summed E-state index contributed by atoms with van der Waals surface area (Å²) in [7, 11) is 0. The number of carbonyl (C=O) groups is 1. The number of aryl methyl sites for hydroxylation is 1.